The number of rotatable bonds is 7. The van der Waals surface area contributed by atoms with E-state index in [9.17, 15) is 13.2 Å². The Labute approximate surface area is 146 Å². The quantitative estimate of drug-likeness (QED) is 0.636. The summed E-state index contributed by atoms with van der Waals surface area (Å²) in [7, 11) is -3.39. The van der Waals surface area contributed by atoms with Gasteiger partial charge in [0, 0.05) is 17.7 Å². The van der Waals surface area contributed by atoms with Gasteiger partial charge in [-0.1, -0.05) is 42.5 Å². The second-order valence-corrected chi connectivity index (χ2v) is 7.67. The third-order valence-corrected chi connectivity index (χ3v) is 4.62. The van der Waals surface area contributed by atoms with Gasteiger partial charge in [-0.15, -0.1) is 0 Å². The highest BCUT2D eigenvalue weighted by atomic mass is 32.2. The predicted molar refractivity (Wildman–Crippen MR) is 98.1 cm³/mol. The monoisotopic (exact) mass is 357 g/mol. The number of hydrogen-bond acceptors (Lipinski definition) is 4. The van der Waals surface area contributed by atoms with Crippen molar-refractivity contribution < 1.29 is 13.2 Å². The molecule has 7 heteroatoms. The average Bonchev–Trinajstić information content (AvgIpc) is 3.00. The van der Waals surface area contributed by atoms with Crippen LogP contribution in [0, 0.1) is 0 Å². The van der Waals surface area contributed by atoms with Crippen LogP contribution >= 0.6 is 0 Å². The lowest BCUT2D eigenvalue weighted by Gasteiger charge is -2.14. The molecule has 2 N–H and O–H groups in total. The van der Waals surface area contributed by atoms with Crippen molar-refractivity contribution >= 4 is 32.9 Å². The van der Waals surface area contributed by atoms with Crippen LogP contribution < -0.4 is 4.72 Å². The van der Waals surface area contributed by atoms with Crippen LogP contribution in [-0.2, 0) is 14.8 Å². The summed E-state index contributed by atoms with van der Waals surface area (Å²) in [5, 5.41) is 8.22. The zero-order valence-electron chi connectivity index (χ0n) is 13.8. The Morgan fingerprint density at radius 3 is 2.60 bits per heavy atom. The fraction of sp³-hybridized carbons (Fsp3) is 0.222. The lowest BCUT2D eigenvalue weighted by molar-refractivity contribution is -0.107. The summed E-state index contributed by atoms with van der Waals surface area (Å²) < 4.78 is 25.6. The summed E-state index contributed by atoms with van der Waals surface area (Å²) in [6.45, 7) is 0. The number of hydrogen-bond donors (Lipinski definition) is 2. The number of carbonyl (C=O) groups excluding carboxylic acids is 1. The number of aldehydes is 1. The number of fused-ring (bicyclic) bond motifs is 1. The van der Waals surface area contributed by atoms with Crippen LogP contribution in [0.25, 0.3) is 10.9 Å². The summed E-state index contributed by atoms with van der Waals surface area (Å²) in [4.78, 5) is 10.9. The molecule has 25 heavy (non-hydrogen) atoms. The van der Waals surface area contributed by atoms with E-state index in [4.69, 9.17) is 0 Å². The summed E-state index contributed by atoms with van der Waals surface area (Å²) in [5.41, 5.74) is 2.97. The smallest absolute Gasteiger partial charge is 0.229 e. The number of para-hydroxylation sites is 1. The van der Waals surface area contributed by atoms with Crippen molar-refractivity contribution in [3.8, 4) is 0 Å². The fourth-order valence-electron chi connectivity index (χ4n) is 2.99. The molecule has 1 aromatic heterocycles. The molecular weight excluding hydrogens is 338 g/mol. The Morgan fingerprint density at radius 1 is 1.16 bits per heavy atom. The molecule has 0 fully saturated rings. The van der Waals surface area contributed by atoms with Crippen LogP contribution in [-0.4, -0.2) is 31.2 Å². The molecule has 0 aliphatic rings. The lowest BCUT2D eigenvalue weighted by atomic mass is 9.89. The molecule has 1 atom stereocenters. The van der Waals surface area contributed by atoms with Crippen molar-refractivity contribution in [3.63, 3.8) is 0 Å². The highest BCUT2D eigenvalue weighted by Crippen LogP contribution is 2.34. The molecule has 130 valence electrons. The van der Waals surface area contributed by atoms with Crippen LogP contribution in [0.2, 0.25) is 0 Å². The van der Waals surface area contributed by atoms with Gasteiger partial charge in [0.05, 0.1) is 23.2 Å². The van der Waals surface area contributed by atoms with E-state index in [0.29, 0.717) is 24.0 Å². The summed E-state index contributed by atoms with van der Waals surface area (Å²) in [5.74, 6) is -0.0476. The molecule has 0 amide bonds. The van der Waals surface area contributed by atoms with Crippen molar-refractivity contribution in [2.24, 2.45) is 0 Å². The third kappa shape index (κ3) is 3.88. The van der Waals surface area contributed by atoms with Gasteiger partial charge in [-0.3, -0.25) is 9.82 Å². The van der Waals surface area contributed by atoms with Gasteiger partial charge >= 0.3 is 0 Å². The predicted octanol–water partition coefficient (Wildman–Crippen LogP) is 3.05. The summed E-state index contributed by atoms with van der Waals surface area (Å²) >= 11 is 0. The molecule has 1 unspecified atom stereocenters. The first-order valence-corrected chi connectivity index (χ1v) is 9.82. The van der Waals surface area contributed by atoms with E-state index >= 15 is 0 Å². The van der Waals surface area contributed by atoms with Gasteiger partial charge in [0.1, 0.15) is 6.29 Å². The third-order valence-electron chi connectivity index (χ3n) is 4.03. The van der Waals surface area contributed by atoms with Crippen LogP contribution in [0.1, 0.15) is 30.0 Å². The number of nitrogens with one attached hydrogen (secondary N) is 2. The number of H-pyrrole nitrogens is 1. The molecular formula is C18H19N3O3S. The molecule has 2 aromatic carbocycles. The first kappa shape index (κ1) is 17.2. The largest absolute Gasteiger partial charge is 0.303 e. The molecule has 1 heterocycles. The number of anilines is 1. The van der Waals surface area contributed by atoms with Crippen molar-refractivity contribution in [1.29, 1.82) is 0 Å². The number of benzene rings is 2. The fourth-order valence-corrected chi connectivity index (χ4v) is 3.56. The highest BCUT2D eigenvalue weighted by molar-refractivity contribution is 7.92. The average molecular weight is 357 g/mol. The summed E-state index contributed by atoms with van der Waals surface area (Å²) in [6.07, 6.45) is 3.08. The van der Waals surface area contributed by atoms with Gasteiger partial charge in [0.25, 0.3) is 0 Å². The van der Waals surface area contributed by atoms with Crippen molar-refractivity contribution in [2.45, 2.75) is 18.8 Å². The zero-order chi connectivity index (χ0) is 17.9. The second-order valence-electron chi connectivity index (χ2n) is 5.92. The molecule has 6 nitrogen and oxygen atoms in total. The SMILES string of the molecule is CS(=O)(=O)Nc1cccc2c(C(CCC=O)c3ccccc3)n[nH]c12. The van der Waals surface area contributed by atoms with E-state index in [0.717, 1.165) is 29.2 Å². The Morgan fingerprint density at radius 2 is 1.92 bits per heavy atom. The first-order chi connectivity index (χ1) is 12.0. The van der Waals surface area contributed by atoms with Gasteiger partial charge in [-0.2, -0.15) is 5.10 Å². The van der Waals surface area contributed by atoms with Gasteiger partial charge in [-0.05, 0) is 18.1 Å². The molecule has 0 bridgehead atoms. The topological polar surface area (TPSA) is 91.9 Å². The Bertz CT molecular complexity index is 981. The minimum Gasteiger partial charge on any atom is -0.303 e. The van der Waals surface area contributed by atoms with E-state index in [2.05, 4.69) is 14.9 Å². The van der Waals surface area contributed by atoms with Gasteiger partial charge in [-0.25, -0.2) is 8.42 Å². The van der Waals surface area contributed by atoms with Gasteiger partial charge < -0.3 is 4.79 Å². The molecule has 0 saturated carbocycles. The van der Waals surface area contributed by atoms with Crippen LogP contribution in [0.3, 0.4) is 0 Å². The molecule has 0 spiro atoms. The normalized spacial score (nSPS) is 12.8. The number of sulfonamides is 1. The first-order valence-electron chi connectivity index (χ1n) is 7.93. The van der Waals surface area contributed by atoms with Crippen molar-refractivity contribution in [2.75, 3.05) is 11.0 Å². The highest BCUT2D eigenvalue weighted by Gasteiger charge is 2.21. The summed E-state index contributed by atoms with van der Waals surface area (Å²) in [6, 6.07) is 15.2. The van der Waals surface area contributed by atoms with Gasteiger partial charge in [0.2, 0.25) is 10.0 Å². The molecule has 0 radical (unpaired) electrons. The number of nitrogens with zero attached hydrogens (tertiary/aromatic N) is 1. The van der Waals surface area contributed by atoms with Crippen LogP contribution in [0.4, 0.5) is 5.69 Å². The van der Waals surface area contributed by atoms with Gasteiger partial charge in [0.15, 0.2) is 0 Å². The number of aromatic nitrogens is 2. The minimum atomic E-state index is -3.39. The Kier molecular flexibility index (Phi) is 4.85. The molecule has 0 aliphatic carbocycles. The van der Waals surface area contributed by atoms with E-state index in [1.54, 1.807) is 12.1 Å². The molecule has 3 aromatic rings. The molecule has 3 rings (SSSR count). The van der Waals surface area contributed by atoms with Crippen molar-refractivity contribution in [3.05, 3.63) is 59.8 Å². The number of aromatic amines is 1. The van der Waals surface area contributed by atoms with E-state index in [-0.39, 0.29) is 5.92 Å². The van der Waals surface area contributed by atoms with Crippen molar-refractivity contribution in [1.82, 2.24) is 10.2 Å². The maximum atomic E-state index is 11.6. The van der Waals surface area contributed by atoms with E-state index in [1.807, 2.05) is 36.4 Å². The standard InChI is InChI=1S/C18H19N3O3S/c1-25(23,24)21-16-11-5-9-15-17(19-20-18(15)16)14(10-6-12-22)13-7-3-2-4-8-13/h2-5,7-9,11-12,14,21H,6,10H2,1H3,(H,19,20). The Balaban J connectivity index is 2.09. The van der Waals surface area contributed by atoms with Crippen LogP contribution in [0.15, 0.2) is 48.5 Å². The van der Waals surface area contributed by atoms with E-state index in [1.165, 1.54) is 0 Å². The Hall–Kier alpha value is -2.67. The lowest BCUT2D eigenvalue weighted by Crippen LogP contribution is -2.09. The maximum Gasteiger partial charge on any atom is 0.229 e. The second kappa shape index (κ2) is 7.06. The van der Waals surface area contributed by atoms with Crippen LogP contribution in [0.5, 0.6) is 0 Å². The number of carbonyl (C=O) groups is 1. The zero-order valence-corrected chi connectivity index (χ0v) is 14.6. The molecule has 0 saturated heterocycles. The minimum absolute atomic E-state index is 0.0476. The maximum absolute atomic E-state index is 11.6. The van der Waals surface area contributed by atoms with E-state index < -0.39 is 10.0 Å². The molecule has 0 aliphatic heterocycles.